The highest BCUT2D eigenvalue weighted by molar-refractivity contribution is 5.85. The summed E-state index contributed by atoms with van der Waals surface area (Å²) in [6.45, 7) is 4.43. The van der Waals surface area contributed by atoms with Gasteiger partial charge < -0.3 is 10.2 Å². The summed E-state index contributed by atoms with van der Waals surface area (Å²) in [7, 11) is 0. The fourth-order valence-corrected chi connectivity index (χ4v) is 4.95. The second-order valence-electron chi connectivity index (χ2n) is 9.45. The van der Waals surface area contributed by atoms with Crippen molar-refractivity contribution in [2.24, 2.45) is 17.8 Å². The minimum absolute atomic E-state index is 0.0731. The summed E-state index contributed by atoms with van der Waals surface area (Å²) in [6, 6.07) is 0. The van der Waals surface area contributed by atoms with Crippen LogP contribution in [0.2, 0.25) is 0 Å². The molecule has 3 heteroatoms. The van der Waals surface area contributed by atoms with Crippen LogP contribution in [-0.4, -0.2) is 27.7 Å². The van der Waals surface area contributed by atoms with E-state index in [-0.39, 0.29) is 17.6 Å². The number of allylic oxidation sites excluding steroid dienone is 1. The van der Waals surface area contributed by atoms with Gasteiger partial charge in [-0.1, -0.05) is 83.8 Å². The number of hydrogen-bond donors (Lipinski definition) is 2. The maximum atomic E-state index is 12.4. The van der Waals surface area contributed by atoms with Crippen LogP contribution in [0.25, 0.3) is 0 Å². The minimum atomic E-state index is -0.583. The zero-order chi connectivity index (χ0) is 20.4. The Morgan fingerprint density at radius 3 is 2.29 bits per heavy atom. The van der Waals surface area contributed by atoms with Crippen LogP contribution < -0.4 is 0 Å². The molecular formula is C25H44O3. The lowest BCUT2D eigenvalue weighted by Crippen LogP contribution is -2.30. The van der Waals surface area contributed by atoms with E-state index in [1.54, 1.807) is 0 Å². The van der Waals surface area contributed by atoms with Crippen molar-refractivity contribution in [1.82, 2.24) is 0 Å². The maximum absolute atomic E-state index is 12.4. The molecule has 2 fully saturated rings. The smallest absolute Gasteiger partial charge is 0.142 e. The van der Waals surface area contributed by atoms with Gasteiger partial charge in [-0.25, -0.2) is 0 Å². The van der Waals surface area contributed by atoms with E-state index in [2.05, 4.69) is 19.9 Å². The zero-order valence-electron chi connectivity index (χ0n) is 18.4. The Hall–Kier alpha value is -0.670. The number of unbranched alkanes of at least 4 members (excludes halogenated alkanes) is 7. The number of aliphatic hydroxyl groups excluding tert-OH is 1. The van der Waals surface area contributed by atoms with E-state index in [1.807, 2.05) is 6.08 Å². The molecule has 0 bridgehead atoms. The first-order valence-corrected chi connectivity index (χ1v) is 12.1. The van der Waals surface area contributed by atoms with Gasteiger partial charge in [-0.2, -0.15) is 0 Å². The van der Waals surface area contributed by atoms with Crippen molar-refractivity contribution in [3.05, 3.63) is 12.2 Å². The number of aliphatic hydroxyl groups is 2. The van der Waals surface area contributed by atoms with E-state index in [0.29, 0.717) is 18.8 Å². The number of Topliss-reactive ketones (excluding diaryl/α,β-unsaturated/α-hetero) is 1. The van der Waals surface area contributed by atoms with E-state index in [0.717, 1.165) is 38.5 Å². The molecule has 2 aliphatic carbocycles. The van der Waals surface area contributed by atoms with Crippen LogP contribution >= 0.6 is 0 Å². The van der Waals surface area contributed by atoms with Crippen LogP contribution in [0.5, 0.6) is 0 Å². The summed E-state index contributed by atoms with van der Waals surface area (Å²) >= 11 is 0. The predicted molar refractivity (Wildman–Crippen MR) is 116 cm³/mol. The second kappa shape index (κ2) is 12.1. The number of carbonyl (C=O) groups excluding carboxylic acids is 1. The van der Waals surface area contributed by atoms with Gasteiger partial charge in [0, 0.05) is 12.3 Å². The molecular weight excluding hydrogens is 348 g/mol. The van der Waals surface area contributed by atoms with Crippen LogP contribution in [0.1, 0.15) is 110 Å². The van der Waals surface area contributed by atoms with Crippen LogP contribution in [0.4, 0.5) is 0 Å². The first-order valence-electron chi connectivity index (χ1n) is 12.1. The molecule has 0 aliphatic heterocycles. The molecule has 0 radical (unpaired) electrons. The van der Waals surface area contributed by atoms with Crippen molar-refractivity contribution in [1.29, 1.82) is 0 Å². The first kappa shape index (κ1) is 23.6. The Balaban J connectivity index is 1.85. The molecule has 4 atom stereocenters. The summed E-state index contributed by atoms with van der Waals surface area (Å²) in [5.74, 6) is 0.548. The number of carbonyl (C=O) groups is 1. The fraction of sp³-hybridized carbons (Fsp3) is 0.880. The molecule has 0 saturated heterocycles. The van der Waals surface area contributed by atoms with Crippen molar-refractivity contribution < 1.29 is 15.0 Å². The van der Waals surface area contributed by atoms with Gasteiger partial charge in [0.05, 0.1) is 11.7 Å². The van der Waals surface area contributed by atoms with Gasteiger partial charge in [-0.15, -0.1) is 0 Å². The molecule has 0 aromatic carbocycles. The molecule has 2 rings (SSSR count). The average molecular weight is 393 g/mol. The van der Waals surface area contributed by atoms with Gasteiger partial charge in [-0.05, 0) is 43.9 Å². The number of hydrogen-bond acceptors (Lipinski definition) is 3. The quantitative estimate of drug-likeness (QED) is 0.266. The van der Waals surface area contributed by atoms with Crippen molar-refractivity contribution in [3.8, 4) is 0 Å². The highest BCUT2D eigenvalue weighted by atomic mass is 16.3. The molecule has 162 valence electrons. The molecule has 0 aromatic heterocycles. The highest BCUT2D eigenvalue weighted by Gasteiger charge is 2.43. The largest absolute Gasteiger partial charge is 0.392 e. The van der Waals surface area contributed by atoms with Crippen molar-refractivity contribution in [2.75, 3.05) is 0 Å². The van der Waals surface area contributed by atoms with Gasteiger partial charge in [-0.3, -0.25) is 4.79 Å². The molecule has 0 aromatic rings. The lowest BCUT2D eigenvalue weighted by molar-refractivity contribution is -0.120. The molecule has 0 heterocycles. The fourth-order valence-electron chi connectivity index (χ4n) is 4.95. The van der Waals surface area contributed by atoms with Crippen LogP contribution in [-0.2, 0) is 4.79 Å². The van der Waals surface area contributed by atoms with Crippen LogP contribution in [0, 0.1) is 17.8 Å². The Morgan fingerprint density at radius 1 is 1.00 bits per heavy atom. The van der Waals surface area contributed by atoms with E-state index < -0.39 is 11.7 Å². The SMILES string of the molecule is CCCCCCC[C@H]1[C@@H](O)CC(=O)[C@@H]1C=CCC(O)(CCCCCC)C1CC1. The summed E-state index contributed by atoms with van der Waals surface area (Å²) in [5.41, 5.74) is -0.583. The van der Waals surface area contributed by atoms with Crippen molar-refractivity contribution in [3.63, 3.8) is 0 Å². The van der Waals surface area contributed by atoms with Crippen LogP contribution in [0.15, 0.2) is 12.2 Å². The summed E-state index contributed by atoms with van der Waals surface area (Å²) in [5, 5.41) is 21.5. The Bertz CT molecular complexity index is 482. The zero-order valence-corrected chi connectivity index (χ0v) is 18.4. The average Bonchev–Trinajstić information content (AvgIpc) is 3.48. The Morgan fingerprint density at radius 2 is 1.64 bits per heavy atom. The monoisotopic (exact) mass is 392 g/mol. The summed E-state index contributed by atoms with van der Waals surface area (Å²) in [6.07, 6.45) is 19.5. The molecule has 2 saturated carbocycles. The Kier molecular flexibility index (Phi) is 10.2. The summed E-state index contributed by atoms with van der Waals surface area (Å²) in [4.78, 5) is 12.4. The van der Waals surface area contributed by atoms with Gasteiger partial charge in [0.1, 0.15) is 5.78 Å². The molecule has 2 aliphatic rings. The topological polar surface area (TPSA) is 57.5 Å². The van der Waals surface area contributed by atoms with Crippen molar-refractivity contribution in [2.45, 2.75) is 122 Å². The first-order chi connectivity index (χ1) is 13.5. The predicted octanol–water partition coefficient (Wildman–Crippen LogP) is 5.97. The molecule has 3 nitrogen and oxygen atoms in total. The van der Waals surface area contributed by atoms with Gasteiger partial charge in [0.25, 0.3) is 0 Å². The number of ketones is 1. The highest BCUT2D eigenvalue weighted by Crippen LogP contribution is 2.45. The molecule has 28 heavy (non-hydrogen) atoms. The third kappa shape index (κ3) is 7.30. The molecule has 1 unspecified atom stereocenters. The second-order valence-corrected chi connectivity index (χ2v) is 9.45. The van der Waals surface area contributed by atoms with Crippen molar-refractivity contribution >= 4 is 5.78 Å². The molecule has 2 N–H and O–H groups in total. The molecule has 0 spiro atoms. The minimum Gasteiger partial charge on any atom is -0.392 e. The maximum Gasteiger partial charge on any atom is 0.142 e. The van der Waals surface area contributed by atoms with Gasteiger partial charge >= 0.3 is 0 Å². The third-order valence-corrected chi connectivity index (χ3v) is 6.99. The Labute approximate surface area is 173 Å². The van der Waals surface area contributed by atoms with Gasteiger partial charge in [0.2, 0.25) is 0 Å². The van der Waals surface area contributed by atoms with Gasteiger partial charge in [0.15, 0.2) is 0 Å². The lowest BCUT2D eigenvalue weighted by atomic mass is 9.85. The standard InChI is InChI=1S/C25H44O3/c1-3-5-7-9-10-13-21-22(24(27)19-23(21)26)14-12-18-25(28,20-15-16-20)17-11-8-6-4-2/h12,14,20-23,26,28H,3-11,13,15-19H2,1-2H3/t21-,22-,23+,25?/m1/s1. The van der Waals surface area contributed by atoms with E-state index in [9.17, 15) is 15.0 Å². The third-order valence-electron chi connectivity index (χ3n) is 6.99. The lowest BCUT2D eigenvalue weighted by Gasteiger charge is -2.27. The van der Waals surface area contributed by atoms with E-state index >= 15 is 0 Å². The number of rotatable bonds is 15. The van der Waals surface area contributed by atoms with E-state index in [1.165, 1.54) is 44.9 Å². The summed E-state index contributed by atoms with van der Waals surface area (Å²) < 4.78 is 0. The normalized spacial score (nSPS) is 27.6. The molecule has 0 amide bonds. The van der Waals surface area contributed by atoms with Crippen LogP contribution in [0.3, 0.4) is 0 Å². The van der Waals surface area contributed by atoms with E-state index in [4.69, 9.17) is 0 Å².